The molecular weight excluding hydrogens is 228 g/mol. The highest BCUT2D eigenvalue weighted by atomic mass is 32.2. The highest BCUT2D eigenvalue weighted by Gasteiger charge is 2.18. The Bertz CT molecular complexity index is 236. The maximum Gasteiger partial charge on any atom is 0.323 e. The minimum Gasteiger partial charge on any atom is -0.480 e. The Morgan fingerprint density at radius 1 is 1.31 bits per heavy atom. The van der Waals surface area contributed by atoms with Crippen LogP contribution in [0.4, 0.5) is 4.79 Å². The number of rotatable bonds is 7. The Morgan fingerprint density at radius 3 is 2.38 bits per heavy atom. The van der Waals surface area contributed by atoms with Gasteiger partial charge in [0.2, 0.25) is 0 Å². The van der Waals surface area contributed by atoms with E-state index in [0.717, 1.165) is 12.2 Å². The Hall–Kier alpha value is -0.910. The number of amides is 2. The van der Waals surface area contributed by atoms with Crippen molar-refractivity contribution in [2.75, 3.05) is 38.7 Å². The summed E-state index contributed by atoms with van der Waals surface area (Å²) in [6.07, 6.45) is 2.73. The maximum atomic E-state index is 11.9. The predicted molar refractivity (Wildman–Crippen MR) is 65.9 cm³/mol. The van der Waals surface area contributed by atoms with Gasteiger partial charge in [0.15, 0.2) is 0 Å². The number of carbonyl (C=O) groups is 2. The zero-order valence-electron chi connectivity index (χ0n) is 10.1. The molecule has 94 valence electrons. The molecule has 1 N–H and O–H groups in total. The van der Waals surface area contributed by atoms with Gasteiger partial charge in [-0.05, 0) is 12.7 Å². The first-order valence-corrected chi connectivity index (χ1v) is 6.63. The van der Waals surface area contributed by atoms with E-state index in [2.05, 4.69) is 0 Å². The molecule has 0 heterocycles. The lowest BCUT2D eigenvalue weighted by Gasteiger charge is -2.26. The summed E-state index contributed by atoms with van der Waals surface area (Å²) in [4.78, 5) is 25.4. The molecule has 0 aliphatic heterocycles. The van der Waals surface area contributed by atoms with E-state index >= 15 is 0 Å². The van der Waals surface area contributed by atoms with Crippen LogP contribution in [0, 0.1) is 0 Å². The fourth-order valence-corrected chi connectivity index (χ4v) is 1.70. The summed E-state index contributed by atoms with van der Waals surface area (Å²) in [5.41, 5.74) is 0. The summed E-state index contributed by atoms with van der Waals surface area (Å²) in [5.74, 6) is -0.116. The van der Waals surface area contributed by atoms with E-state index in [1.165, 1.54) is 4.90 Å². The molecule has 0 aliphatic rings. The zero-order chi connectivity index (χ0) is 12.6. The molecule has 6 heteroatoms. The van der Waals surface area contributed by atoms with Crippen molar-refractivity contribution in [1.82, 2.24) is 9.80 Å². The van der Waals surface area contributed by atoms with E-state index < -0.39 is 5.97 Å². The molecule has 0 aliphatic carbocycles. The third-order valence-electron chi connectivity index (χ3n) is 2.05. The average molecular weight is 248 g/mol. The van der Waals surface area contributed by atoms with Crippen molar-refractivity contribution in [1.29, 1.82) is 0 Å². The monoisotopic (exact) mass is 248 g/mol. The highest BCUT2D eigenvalue weighted by molar-refractivity contribution is 7.98. The highest BCUT2D eigenvalue weighted by Crippen LogP contribution is 2.01. The van der Waals surface area contributed by atoms with Crippen molar-refractivity contribution >= 4 is 23.8 Å². The first-order chi connectivity index (χ1) is 7.52. The van der Waals surface area contributed by atoms with Crippen molar-refractivity contribution in [2.24, 2.45) is 0 Å². The van der Waals surface area contributed by atoms with Gasteiger partial charge in [0.1, 0.15) is 6.54 Å². The van der Waals surface area contributed by atoms with Gasteiger partial charge >= 0.3 is 12.0 Å². The molecule has 0 radical (unpaired) electrons. The lowest BCUT2D eigenvalue weighted by atomic mass is 10.4. The van der Waals surface area contributed by atoms with Gasteiger partial charge in [-0.25, -0.2) is 4.79 Å². The normalized spacial score (nSPS) is 9.94. The second kappa shape index (κ2) is 8.27. The van der Waals surface area contributed by atoms with Crippen molar-refractivity contribution in [3.63, 3.8) is 0 Å². The summed E-state index contributed by atoms with van der Waals surface area (Å²) < 4.78 is 0. The number of nitrogens with zero attached hydrogens (tertiary/aromatic N) is 2. The van der Waals surface area contributed by atoms with Crippen LogP contribution < -0.4 is 0 Å². The van der Waals surface area contributed by atoms with Crippen LogP contribution in [0.3, 0.4) is 0 Å². The summed E-state index contributed by atoms with van der Waals surface area (Å²) in [5, 5.41) is 8.70. The van der Waals surface area contributed by atoms with E-state index in [1.807, 2.05) is 13.2 Å². The van der Waals surface area contributed by atoms with Gasteiger partial charge in [-0.1, -0.05) is 6.92 Å². The third-order valence-corrected chi connectivity index (χ3v) is 2.64. The molecule has 0 unspecified atom stereocenters. The lowest BCUT2D eigenvalue weighted by Crippen LogP contribution is -2.44. The average Bonchev–Trinajstić information content (AvgIpc) is 2.23. The van der Waals surface area contributed by atoms with E-state index in [0.29, 0.717) is 13.1 Å². The van der Waals surface area contributed by atoms with Gasteiger partial charge in [-0.3, -0.25) is 4.79 Å². The molecule has 5 nitrogen and oxygen atoms in total. The molecule has 0 aromatic carbocycles. The van der Waals surface area contributed by atoms with E-state index in [4.69, 9.17) is 5.11 Å². The van der Waals surface area contributed by atoms with Gasteiger partial charge in [0.25, 0.3) is 0 Å². The van der Waals surface area contributed by atoms with E-state index in [9.17, 15) is 9.59 Å². The van der Waals surface area contributed by atoms with Crippen molar-refractivity contribution < 1.29 is 14.7 Å². The minimum absolute atomic E-state index is 0.210. The second-order valence-electron chi connectivity index (χ2n) is 3.51. The number of carboxylic acids is 1. The predicted octanol–water partition coefficient (Wildman–Crippen LogP) is 1.20. The van der Waals surface area contributed by atoms with Crippen LogP contribution in [-0.4, -0.2) is 65.6 Å². The van der Waals surface area contributed by atoms with Crippen LogP contribution in [0.5, 0.6) is 0 Å². The number of thioether (sulfide) groups is 1. The summed E-state index contributed by atoms with van der Waals surface area (Å²) in [7, 11) is 1.70. The van der Waals surface area contributed by atoms with Gasteiger partial charge in [-0.15, -0.1) is 0 Å². The van der Waals surface area contributed by atoms with Crippen LogP contribution in [0.15, 0.2) is 0 Å². The zero-order valence-corrected chi connectivity index (χ0v) is 10.9. The fraction of sp³-hybridized carbons (Fsp3) is 0.800. The lowest BCUT2D eigenvalue weighted by molar-refractivity contribution is -0.137. The molecule has 0 bridgehead atoms. The van der Waals surface area contributed by atoms with Gasteiger partial charge in [0.05, 0.1) is 0 Å². The van der Waals surface area contributed by atoms with Gasteiger partial charge in [0, 0.05) is 25.9 Å². The quantitative estimate of drug-likeness (QED) is 0.735. The molecule has 0 aromatic rings. The number of urea groups is 1. The van der Waals surface area contributed by atoms with Crippen LogP contribution in [0.2, 0.25) is 0 Å². The maximum absolute atomic E-state index is 11.9. The van der Waals surface area contributed by atoms with E-state index in [-0.39, 0.29) is 12.6 Å². The molecule has 0 spiro atoms. The minimum atomic E-state index is -0.972. The molecule has 16 heavy (non-hydrogen) atoms. The summed E-state index contributed by atoms with van der Waals surface area (Å²) >= 11 is 1.66. The van der Waals surface area contributed by atoms with Crippen molar-refractivity contribution in [2.45, 2.75) is 13.3 Å². The fourth-order valence-electron chi connectivity index (χ4n) is 1.24. The van der Waals surface area contributed by atoms with Crippen LogP contribution in [-0.2, 0) is 4.79 Å². The molecule has 0 saturated carbocycles. The number of carboxylic acid groups (broad SMARTS) is 1. The number of carbonyl (C=O) groups excluding carboxylic acids is 1. The van der Waals surface area contributed by atoms with Gasteiger partial charge in [-0.2, -0.15) is 11.8 Å². The molecule has 0 atom stereocenters. The smallest absolute Gasteiger partial charge is 0.323 e. The SMILES string of the molecule is CCCN(CC(=O)O)C(=O)N(C)CCSC. The molecule has 0 saturated heterocycles. The number of aliphatic carboxylic acids is 1. The van der Waals surface area contributed by atoms with Crippen molar-refractivity contribution in [3.8, 4) is 0 Å². The first-order valence-electron chi connectivity index (χ1n) is 5.23. The Labute approximate surface area is 101 Å². The Morgan fingerprint density at radius 2 is 1.94 bits per heavy atom. The largest absolute Gasteiger partial charge is 0.480 e. The topological polar surface area (TPSA) is 60.9 Å². The summed E-state index contributed by atoms with van der Waals surface area (Å²) in [6, 6.07) is -0.210. The summed E-state index contributed by atoms with van der Waals surface area (Å²) in [6.45, 7) is 2.81. The molecular formula is C10H20N2O3S. The third kappa shape index (κ3) is 5.85. The number of hydrogen-bond acceptors (Lipinski definition) is 3. The first kappa shape index (κ1) is 15.1. The van der Waals surface area contributed by atoms with Crippen LogP contribution >= 0.6 is 11.8 Å². The van der Waals surface area contributed by atoms with E-state index in [1.54, 1.807) is 23.7 Å². The molecule has 0 aromatic heterocycles. The standard InChI is InChI=1S/C10H20N2O3S/c1-4-5-12(8-9(13)14)10(15)11(2)6-7-16-3/h4-8H2,1-3H3,(H,13,14). The second-order valence-corrected chi connectivity index (χ2v) is 4.50. The van der Waals surface area contributed by atoms with Crippen molar-refractivity contribution in [3.05, 3.63) is 0 Å². The molecule has 0 fully saturated rings. The van der Waals surface area contributed by atoms with Gasteiger partial charge < -0.3 is 14.9 Å². The van der Waals surface area contributed by atoms with Crippen LogP contribution in [0.25, 0.3) is 0 Å². The number of hydrogen-bond donors (Lipinski definition) is 1. The Kier molecular flexibility index (Phi) is 7.80. The molecule has 0 rings (SSSR count). The molecule has 2 amide bonds. The van der Waals surface area contributed by atoms with Crippen LogP contribution in [0.1, 0.15) is 13.3 Å². The Balaban J connectivity index is 4.29.